The van der Waals surface area contributed by atoms with Gasteiger partial charge in [-0.15, -0.1) is 12.4 Å². The molecule has 2 rings (SSSR count). The summed E-state index contributed by atoms with van der Waals surface area (Å²) in [7, 11) is 0. The monoisotopic (exact) mass is 254 g/mol. The first-order chi connectivity index (χ1) is 7.78. The molecular formula is C14H23ClN2. The van der Waals surface area contributed by atoms with Crippen LogP contribution in [0.4, 0.5) is 5.69 Å². The lowest BCUT2D eigenvalue weighted by Gasteiger charge is -2.32. The second kappa shape index (κ2) is 6.87. The van der Waals surface area contributed by atoms with Crippen molar-refractivity contribution in [2.75, 3.05) is 18.8 Å². The van der Waals surface area contributed by atoms with Crippen molar-refractivity contribution in [3.8, 4) is 0 Å². The van der Waals surface area contributed by atoms with E-state index in [2.05, 4.69) is 24.0 Å². The van der Waals surface area contributed by atoms with Crippen LogP contribution in [0, 0.1) is 5.92 Å². The molecule has 1 aromatic rings. The zero-order valence-electron chi connectivity index (χ0n) is 10.6. The number of nitrogens with zero attached hydrogens (tertiary/aromatic N) is 1. The van der Waals surface area contributed by atoms with E-state index in [9.17, 15) is 0 Å². The summed E-state index contributed by atoms with van der Waals surface area (Å²) in [5.74, 6) is 0.898. The van der Waals surface area contributed by atoms with Crippen LogP contribution >= 0.6 is 12.4 Å². The van der Waals surface area contributed by atoms with Crippen LogP contribution in [0.25, 0.3) is 0 Å². The Labute approximate surface area is 111 Å². The summed E-state index contributed by atoms with van der Waals surface area (Å²) in [6.45, 7) is 5.85. The van der Waals surface area contributed by atoms with Gasteiger partial charge in [-0.2, -0.15) is 0 Å². The number of nitrogen functional groups attached to an aromatic ring is 1. The normalized spacial score (nSPS) is 20.9. The number of benzene rings is 1. The van der Waals surface area contributed by atoms with Crippen LogP contribution in [0.5, 0.6) is 0 Å². The van der Waals surface area contributed by atoms with Gasteiger partial charge in [-0.3, -0.25) is 4.90 Å². The maximum atomic E-state index is 5.80. The van der Waals surface area contributed by atoms with E-state index >= 15 is 0 Å². The lowest BCUT2D eigenvalue weighted by Crippen LogP contribution is -2.34. The molecule has 0 bridgehead atoms. The first-order valence-electron chi connectivity index (χ1n) is 6.34. The van der Waals surface area contributed by atoms with Crippen LogP contribution in [0.15, 0.2) is 24.3 Å². The number of likely N-dealkylation sites (tertiary alicyclic amines) is 1. The molecule has 0 spiro atoms. The SMILES string of the molecule is CCC1CCCN(Cc2cccc(N)c2)C1.Cl. The summed E-state index contributed by atoms with van der Waals surface area (Å²) in [5, 5.41) is 0. The zero-order valence-corrected chi connectivity index (χ0v) is 11.4. The van der Waals surface area contributed by atoms with E-state index in [0.29, 0.717) is 0 Å². The molecule has 0 aromatic heterocycles. The minimum atomic E-state index is 0. The second-order valence-electron chi connectivity index (χ2n) is 4.90. The molecule has 1 heterocycles. The second-order valence-corrected chi connectivity index (χ2v) is 4.90. The molecule has 2 N–H and O–H groups in total. The summed E-state index contributed by atoms with van der Waals surface area (Å²) < 4.78 is 0. The van der Waals surface area contributed by atoms with Crippen LogP contribution in [0.3, 0.4) is 0 Å². The van der Waals surface area contributed by atoms with Crippen molar-refractivity contribution in [2.24, 2.45) is 5.92 Å². The number of piperidine rings is 1. The topological polar surface area (TPSA) is 29.3 Å². The van der Waals surface area contributed by atoms with Gasteiger partial charge < -0.3 is 5.73 Å². The molecule has 96 valence electrons. The van der Waals surface area contributed by atoms with Crippen LogP contribution in [0.2, 0.25) is 0 Å². The number of hydrogen-bond donors (Lipinski definition) is 1. The predicted molar refractivity (Wildman–Crippen MR) is 76.4 cm³/mol. The van der Waals surface area contributed by atoms with E-state index in [-0.39, 0.29) is 12.4 Å². The Balaban J connectivity index is 0.00000144. The van der Waals surface area contributed by atoms with Crippen molar-refractivity contribution in [2.45, 2.75) is 32.7 Å². The molecule has 17 heavy (non-hydrogen) atoms. The molecule has 1 atom stereocenters. The van der Waals surface area contributed by atoms with E-state index in [1.54, 1.807) is 0 Å². The molecule has 1 aromatic carbocycles. The van der Waals surface area contributed by atoms with E-state index in [4.69, 9.17) is 5.73 Å². The lowest BCUT2D eigenvalue weighted by atomic mass is 9.95. The molecule has 2 nitrogen and oxygen atoms in total. The smallest absolute Gasteiger partial charge is 0.0317 e. The minimum Gasteiger partial charge on any atom is -0.399 e. The molecule has 0 aliphatic carbocycles. The fraction of sp³-hybridized carbons (Fsp3) is 0.571. The Hall–Kier alpha value is -0.730. The van der Waals surface area contributed by atoms with Gasteiger partial charge in [-0.25, -0.2) is 0 Å². The van der Waals surface area contributed by atoms with Crippen molar-refractivity contribution in [3.63, 3.8) is 0 Å². The molecule has 1 unspecified atom stereocenters. The largest absolute Gasteiger partial charge is 0.399 e. The molecule has 0 saturated carbocycles. The van der Waals surface area contributed by atoms with Gasteiger partial charge in [0.05, 0.1) is 0 Å². The fourth-order valence-electron chi connectivity index (χ4n) is 2.58. The van der Waals surface area contributed by atoms with Gasteiger partial charge in [-0.05, 0) is 43.0 Å². The molecule has 1 aliphatic rings. The van der Waals surface area contributed by atoms with Crippen LogP contribution in [0.1, 0.15) is 31.7 Å². The third-order valence-corrected chi connectivity index (χ3v) is 3.54. The van der Waals surface area contributed by atoms with Crippen molar-refractivity contribution in [3.05, 3.63) is 29.8 Å². The molecule has 0 radical (unpaired) electrons. The highest BCUT2D eigenvalue weighted by atomic mass is 35.5. The Bertz CT molecular complexity index is 341. The van der Waals surface area contributed by atoms with Gasteiger partial charge in [0.15, 0.2) is 0 Å². The number of nitrogens with two attached hydrogens (primary N) is 1. The Morgan fingerprint density at radius 1 is 1.41 bits per heavy atom. The maximum absolute atomic E-state index is 5.80. The number of halogens is 1. The quantitative estimate of drug-likeness (QED) is 0.839. The maximum Gasteiger partial charge on any atom is 0.0317 e. The first-order valence-corrected chi connectivity index (χ1v) is 6.34. The third kappa shape index (κ3) is 4.21. The van der Waals surface area contributed by atoms with Gasteiger partial charge in [-0.1, -0.05) is 25.5 Å². The van der Waals surface area contributed by atoms with Crippen molar-refractivity contribution >= 4 is 18.1 Å². The average molecular weight is 255 g/mol. The van der Waals surface area contributed by atoms with Crippen molar-refractivity contribution < 1.29 is 0 Å². The summed E-state index contributed by atoms with van der Waals surface area (Å²) in [6.07, 6.45) is 4.07. The van der Waals surface area contributed by atoms with E-state index < -0.39 is 0 Å². The third-order valence-electron chi connectivity index (χ3n) is 3.54. The molecule has 1 fully saturated rings. The number of rotatable bonds is 3. The van der Waals surface area contributed by atoms with Crippen LogP contribution in [-0.4, -0.2) is 18.0 Å². The summed E-state index contributed by atoms with van der Waals surface area (Å²) in [5.41, 5.74) is 8.02. The lowest BCUT2D eigenvalue weighted by molar-refractivity contribution is 0.165. The molecule has 3 heteroatoms. The first kappa shape index (κ1) is 14.3. The van der Waals surface area contributed by atoms with Crippen molar-refractivity contribution in [1.82, 2.24) is 4.90 Å². The highest BCUT2D eigenvalue weighted by Crippen LogP contribution is 2.21. The highest BCUT2D eigenvalue weighted by Gasteiger charge is 2.18. The number of hydrogen-bond acceptors (Lipinski definition) is 2. The van der Waals surface area contributed by atoms with Crippen LogP contribution < -0.4 is 5.73 Å². The summed E-state index contributed by atoms with van der Waals surface area (Å²) >= 11 is 0. The van der Waals surface area contributed by atoms with Crippen molar-refractivity contribution in [1.29, 1.82) is 0 Å². The Morgan fingerprint density at radius 2 is 2.24 bits per heavy atom. The Morgan fingerprint density at radius 3 is 2.94 bits per heavy atom. The van der Waals surface area contributed by atoms with Gasteiger partial charge in [0, 0.05) is 18.8 Å². The van der Waals surface area contributed by atoms with Crippen LogP contribution in [-0.2, 0) is 6.54 Å². The zero-order chi connectivity index (χ0) is 11.4. The Kier molecular flexibility index (Phi) is 5.79. The van der Waals surface area contributed by atoms with Gasteiger partial charge >= 0.3 is 0 Å². The minimum absolute atomic E-state index is 0. The number of anilines is 1. The standard InChI is InChI=1S/C14H22N2.ClH/c1-2-12-6-4-8-16(10-12)11-13-5-3-7-14(15)9-13;/h3,5,7,9,12H,2,4,6,8,10-11,15H2,1H3;1H. The van der Waals surface area contributed by atoms with E-state index in [1.807, 2.05) is 12.1 Å². The highest BCUT2D eigenvalue weighted by molar-refractivity contribution is 5.85. The van der Waals surface area contributed by atoms with Gasteiger partial charge in [0.25, 0.3) is 0 Å². The van der Waals surface area contributed by atoms with Gasteiger partial charge in [0.2, 0.25) is 0 Å². The predicted octanol–water partition coefficient (Wildman–Crippen LogP) is 3.31. The molecule has 1 saturated heterocycles. The molecule has 0 amide bonds. The summed E-state index contributed by atoms with van der Waals surface area (Å²) in [4.78, 5) is 2.56. The average Bonchev–Trinajstić information content (AvgIpc) is 2.29. The molecular weight excluding hydrogens is 232 g/mol. The summed E-state index contributed by atoms with van der Waals surface area (Å²) in [6, 6.07) is 8.27. The van der Waals surface area contributed by atoms with Gasteiger partial charge in [0.1, 0.15) is 0 Å². The molecule has 1 aliphatic heterocycles. The van der Waals surface area contributed by atoms with E-state index in [1.165, 1.54) is 37.9 Å². The fourth-order valence-corrected chi connectivity index (χ4v) is 2.58. The van der Waals surface area contributed by atoms with E-state index in [0.717, 1.165) is 18.2 Å².